The third-order valence-corrected chi connectivity index (χ3v) is 5.80. The first-order valence-corrected chi connectivity index (χ1v) is 13.0. The van der Waals surface area contributed by atoms with E-state index in [1.165, 1.54) is 0 Å². The maximum Gasteiger partial charge on any atom is 0.274 e. The van der Waals surface area contributed by atoms with Crippen molar-refractivity contribution < 1.29 is 9.59 Å². The Kier molecular flexibility index (Phi) is 13.4. The van der Waals surface area contributed by atoms with E-state index in [1.54, 1.807) is 34.3 Å². The molecule has 1 rings (SSSR count). The van der Waals surface area contributed by atoms with E-state index in [1.807, 2.05) is 27.7 Å². The van der Waals surface area contributed by atoms with Crippen molar-refractivity contribution in [3.05, 3.63) is 35.4 Å². The Labute approximate surface area is 207 Å². The first-order chi connectivity index (χ1) is 16.2. The number of rotatable bonds is 14. The average molecular weight is 471 g/mol. The number of nitrogens with zero attached hydrogens (tertiary/aromatic N) is 4. The van der Waals surface area contributed by atoms with Gasteiger partial charge in [0.1, 0.15) is 0 Å². The fourth-order valence-electron chi connectivity index (χ4n) is 4.01. The molecule has 0 aliphatic heterocycles. The van der Waals surface area contributed by atoms with Gasteiger partial charge in [-0.25, -0.2) is 10.0 Å². The summed E-state index contributed by atoms with van der Waals surface area (Å²) in [5.41, 5.74) is 2.82. The number of carbonyl (C=O) groups excluding carboxylic acids is 2. The topological polar surface area (TPSA) is 65.3 Å². The molecule has 0 spiro atoms. The van der Waals surface area contributed by atoms with Gasteiger partial charge in [-0.3, -0.25) is 9.59 Å². The summed E-state index contributed by atoms with van der Waals surface area (Å²) < 4.78 is 0. The molecule has 0 aliphatic carbocycles. The summed E-state index contributed by atoms with van der Waals surface area (Å²) in [4.78, 5) is 27.0. The number of hydrogen-bond donors (Lipinski definition) is 0. The summed E-state index contributed by atoms with van der Waals surface area (Å²) in [6.07, 6.45) is 7.31. The quantitative estimate of drug-likeness (QED) is 0.211. The van der Waals surface area contributed by atoms with E-state index in [9.17, 15) is 9.59 Å². The van der Waals surface area contributed by atoms with E-state index in [0.717, 1.165) is 62.8 Å². The second-order valence-electron chi connectivity index (χ2n) is 9.33. The molecule has 0 N–H and O–H groups in total. The predicted octanol–water partition coefficient (Wildman–Crippen LogP) is 7.30. The monoisotopic (exact) mass is 470 g/mol. The number of hydrazone groups is 2. The molecule has 0 heterocycles. The van der Waals surface area contributed by atoms with Crippen molar-refractivity contribution >= 4 is 23.2 Å². The summed E-state index contributed by atoms with van der Waals surface area (Å²) in [5.74, 6) is -0.352. The molecule has 0 saturated heterocycles. The Bertz CT molecular complexity index is 781. The van der Waals surface area contributed by atoms with Crippen LogP contribution in [0.3, 0.4) is 0 Å². The van der Waals surface area contributed by atoms with Gasteiger partial charge in [0.25, 0.3) is 11.8 Å². The van der Waals surface area contributed by atoms with Crippen molar-refractivity contribution in [3.8, 4) is 0 Å². The largest absolute Gasteiger partial charge is 0.274 e. The van der Waals surface area contributed by atoms with Crippen LogP contribution in [0, 0.1) is 0 Å². The smallest absolute Gasteiger partial charge is 0.267 e. The Morgan fingerprint density at radius 2 is 1.12 bits per heavy atom. The van der Waals surface area contributed by atoms with E-state index >= 15 is 0 Å². The highest BCUT2D eigenvalue weighted by atomic mass is 16.2. The molecule has 0 aliphatic rings. The van der Waals surface area contributed by atoms with Crippen molar-refractivity contribution in [2.45, 2.75) is 119 Å². The highest BCUT2D eigenvalue weighted by Gasteiger charge is 2.25. The third-order valence-electron chi connectivity index (χ3n) is 5.80. The average Bonchev–Trinajstić information content (AvgIpc) is 2.81. The van der Waals surface area contributed by atoms with Gasteiger partial charge in [0.05, 0.1) is 12.1 Å². The molecule has 0 saturated carbocycles. The minimum absolute atomic E-state index is 0.0222. The van der Waals surface area contributed by atoms with Gasteiger partial charge in [-0.15, -0.1) is 0 Å². The Balaban J connectivity index is 3.35. The molecule has 6 heteroatoms. The van der Waals surface area contributed by atoms with Crippen molar-refractivity contribution in [2.75, 3.05) is 0 Å². The molecule has 2 unspecified atom stereocenters. The number of carbonyl (C=O) groups is 2. The van der Waals surface area contributed by atoms with Crippen LogP contribution in [0.25, 0.3) is 0 Å². The van der Waals surface area contributed by atoms with E-state index in [-0.39, 0.29) is 23.9 Å². The second-order valence-corrected chi connectivity index (χ2v) is 9.33. The van der Waals surface area contributed by atoms with Gasteiger partial charge in [0.15, 0.2) is 0 Å². The normalized spacial score (nSPS) is 14.0. The maximum absolute atomic E-state index is 13.5. The molecule has 1 aromatic rings. The minimum atomic E-state index is -0.176. The summed E-state index contributed by atoms with van der Waals surface area (Å²) in [5, 5.41) is 12.5. The fourth-order valence-corrected chi connectivity index (χ4v) is 4.01. The van der Waals surface area contributed by atoms with Crippen molar-refractivity contribution in [1.82, 2.24) is 10.0 Å². The van der Waals surface area contributed by atoms with Crippen LogP contribution < -0.4 is 0 Å². The van der Waals surface area contributed by atoms with Crippen LogP contribution in [0.5, 0.6) is 0 Å². The lowest BCUT2D eigenvalue weighted by molar-refractivity contribution is 0.0687. The Morgan fingerprint density at radius 1 is 0.735 bits per heavy atom. The van der Waals surface area contributed by atoms with Crippen molar-refractivity contribution in [3.63, 3.8) is 0 Å². The van der Waals surface area contributed by atoms with Crippen LogP contribution in [0.2, 0.25) is 0 Å². The molecular weight excluding hydrogens is 424 g/mol. The van der Waals surface area contributed by atoms with Gasteiger partial charge in [0, 0.05) is 22.6 Å². The number of hydrogen-bond acceptors (Lipinski definition) is 4. The predicted molar refractivity (Wildman–Crippen MR) is 144 cm³/mol. The zero-order valence-electron chi connectivity index (χ0n) is 22.7. The highest BCUT2D eigenvalue weighted by Crippen LogP contribution is 2.18. The number of amides is 2. The third kappa shape index (κ3) is 9.03. The minimum Gasteiger partial charge on any atom is -0.267 e. The molecule has 6 nitrogen and oxygen atoms in total. The highest BCUT2D eigenvalue weighted by molar-refractivity contribution is 6.00. The van der Waals surface area contributed by atoms with Crippen LogP contribution >= 0.6 is 0 Å². The fraction of sp³-hybridized carbons (Fsp3) is 0.643. The lowest BCUT2D eigenvalue weighted by Gasteiger charge is -2.26. The van der Waals surface area contributed by atoms with Crippen molar-refractivity contribution in [2.24, 2.45) is 10.2 Å². The summed E-state index contributed by atoms with van der Waals surface area (Å²) >= 11 is 0. The molecule has 0 bridgehead atoms. The number of benzene rings is 1. The Hall–Kier alpha value is -2.50. The van der Waals surface area contributed by atoms with E-state index < -0.39 is 0 Å². The molecular formula is C28H46N4O2. The molecule has 2 atom stereocenters. The second kappa shape index (κ2) is 15.4. The van der Waals surface area contributed by atoms with Crippen LogP contribution in [0.1, 0.15) is 127 Å². The summed E-state index contributed by atoms with van der Waals surface area (Å²) in [6.45, 7) is 16.4. The van der Waals surface area contributed by atoms with Crippen LogP contribution in [0.4, 0.5) is 0 Å². The van der Waals surface area contributed by atoms with Gasteiger partial charge in [0.2, 0.25) is 0 Å². The molecule has 2 amide bonds. The van der Waals surface area contributed by atoms with Gasteiger partial charge in [-0.05, 0) is 71.6 Å². The van der Waals surface area contributed by atoms with E-state index in [2.05, 4.69) is 37.9 Å². The van der Waals surface area contributed by atoms with Gasteiger partial charge in [-0.1, -0.05) is 59.4 Å². The van der Waals surface area contributed by atoms with Gasteiger partial charge >= 0.3 is 0 Å². The lowest BCUT2D eigenvalue weighted by Crippen LogP contribution is -2.36. The molecule has 1 aromatic carbocycles. The molecule has 0 radical (unpaired) electrons. The zero-order valence-corrected chi connectivity index (χ0v) is 22.7. The van der Waals surface area contributed by atoms with E-state index in [0.29, 0.717) is 11.1 Å². The maximum atomic E-state index is 13.5. The van der Waals surface area contributed by atoms with Crippen molar-refractivity contribution in [1.29, 1.82) is 0 Å². The van der Waals surface area contributed by atoms with Gasteiger partial charge in [-0.2, -0.15) is 10.2 Å². The molecule has 0 fully saturated rings. The summed E-state index contributed by atoms with van der Waals surface area (Å²) in [6, 6.07) is 6.95. The SMILES string of the molecule is CCCC(C)=NN(C(=O)c1cccc(C(=O)N(N=C(C)CCC)C(C)CCC)c1)C(C)CCC. The van der Waals surface area contributed by atoms with Crippen LogP contribution in [-0.2, 0) is 0 Å². The first kappa shape index (κ1) is 29.5. The Morgan fingerprint density at radius 3 is 1.44 bits per heavy atom. The molecule has 34 heavy (non-hydrogen) atoms. The zero-order chi connectivity index (χ0) is 25.7. The lowest BCUT2D eigenvalue weighted by atomic mass is 10.1. The van der Waals surface area contributed by atoms with E-state index in [4.69, 9.17) is 0 Å². The van der Waals surface area contributed by atoms with Gasteiger partial charge < -0.3 is 0 Å². The summed E-state index contributed by atoms with van der Waals surface area (Å²) in [7, 11) is 0. The molecule has 0 aromatic heterocycles. The standard InChI is InChI=1S/C28H46N4O2/c1-9-14-21(5)29-31(23(7)16-11-3)27(33)25-18-13-19-26(20-25)28(34)32(24(8)17-12-4)30-22(6)15-10-2/h13,18-20,23-24H,9-12,14-17H2,1-8H3. The van der Waals surface area contributed by atoms with Crippen LogP contribution in [-0.4, -0.2) is 45.3 Å². The first-order valence-electron chi connectivity index (χ1n) is 13.0. The molecule has 190 valence electrons. The van der Waals surface area contributed by atoms with Crippen LogP contribution in [0.15, 0.2) is 34.5 Å².